The van der Waals surface area contributed by atoms with Crippen LogP contribution in [0.15, 0.2) is 23.9 Å². The normalized spacial score (nSPS) is 26.6. The molecule has 0 spiro atoms. The van der Waals surface area contributed by atoms with Crippen LogP contribution in [0.3, 0.4) is 0 Å². The Kier molecular flexibility index (Phi) is 4.02. The minimum absolute atomic E-state index is 0.222. The van der Waals surface area contributed by atoms with Crippen LogP contribution in [0.5, 0.6) is 0 Å². The average molecular weight is 250 g/mol. The van der Waals surface area contributed by atoms with Gasteiger partial charge in [0.25, 0.3) is 0 Å². The number of hydrogen-bond acceptors (Lipinski definition) is 3. The molecule has 0 aliphatic heterocycles. The second-order valence-corrected chi connectivity index (χ2v) is 4.74. The zero-order valence-electron chi connectivity index (χ0n) is 10.2. The SMILES string of the molecule is O=C(O)C1CCCC1C(=O)NNC1=CCCC=C1. The highest BCUT2D eigenvalue weighted by Gasteiger charge is 2.37. The maximum absolute atomic E-state index is 11.9. The summed E-state index contributed by atoms with van der Waals surface area (Å²) < 4.78 is 0. The van der Waals surface area contributed by atoms with Crippen molar-refractivity contribution in [2.24, 2.45) is 11.8 Å². The predicted octanol–water partition coefficient (Wildman–Crippen LogP) is 1.34. The molecule has 2 unspecified atom stereocenters. The number of carbonyl (C=O) groups excluding carboxylic acids is 1. The summed E-state index contributed by atoms with van der Waals surface area (Å²) in [4.78, 5) is 22.9. The van der Waals surface area contributed by atoms with E-state index in [0.29, 0.717) is 12.8 Å². The lowest BCUT2D eigenvalue weighted by Crippen LogP contribution is -2.42. The van der Waals surface area contributed by atoms with Crippen molar-refractivity contribution in [2.45, 2.75) is 32.1 Å². The summed E-state index contributed by atoms with van der Waals surface area (Å²) in [7, 11) is 0. The van der Waals surface area contributed by atoms with Crippen molar-refractivity contribution >= 4 is 11.9 Å². The smallest absolute Gasteiger partial charge is 0.307 e. The molecule has 0 bridgehead atoms. The number of rotatable bonds is 4. The molecule has 0 aromatic heterocycles. The number of carbonyl (C=O) groups is 2. The first kappa shape index (κ1) is 12.7. The first-order valence-electron chi connectivity index (χ1n) is 6.34. The summed E-state index contributed by atoms with van der Waals surface area (Å²) in [6.45, 7) is 0. The van der Waals surface area contributed by atoms with Crippen LogP contribution >= 0.6 is 0 Å². The Morgan fingerprint density at radius 3 is 2.67 bits per heavy atom. The van der Waals surface area contributed by atoms with Crippen molar-refractivity contribution in [1.29, 1.82) is 0 Å². The second kappa shape index (κ2) is 5.71. The van der Waals surface area contributed by atoms with Gasteiger partial charge in [-0.2, -0.15) is 0 Å². The third-order valence-electron chi connectivity index (χ3n) is 3.49. The van der Waals surface area contributed by atoms with Crippen LogP contribution in [0.2, 0.25) is 0 Å². The molecule has 1 fully saturated rings. The molecule has 98 valence electrons. The van der Waals surface area contributed by atoms with Gasteiger partial charge in [-0.05, 0) is 31.8 Å². The molecule has 0 radical (unpaired) electrons. The van der Waals surface area contributed by atoms with E-state index in [0.717, 1.165) is 25.0 Å². The first-order chi connectivity index (χ1) is 8.68. The van der Waals surface area contributed by atoms with E-state index >= 15 is 0 Å². The molecule has 2 atom stereocenters. The molecule has 2 aliphatic rings. The zero-order valence-corrected chi connectivity index (χ0v) is 10.2. The molecule has 3 N–H and O–H groups in total. The van der Waals surface area contributed by atoms with E-state index in [1.54, 1.807) is 0 Å². The number of amides is 1. The Morgan fingerprint density at radius 1 is 1.22 bits per heavy atom. The van der Waals surface area contributed by atoms with Gasteiger partial charge in [0.2, 0.25) is 5.91 Å². The fourth-order valence-electron chi connectivity index (χ4n) is 2.50. The predicted molar refractivity (Wildman–Crippen MR) is 66.2 cm³/mol. The Balaban J connectivity index is 1.86. The number of hydrogen-bond donors (Lipinski definition) is 3. The molecule has 5 heteroatoms. The quantitative estimate of drug-likeness (QED) is 0.658. The van der Waals surface area contributed by atoms with E-state index in [1.807, 2.05) is 18.2 Å². The maximum Gasteiger partial charge on any atom is 0.307 e. The third kappa shape index (κ3) is 2.91. The molecule has 2 aliphatic carbocycles. The lowest BCUT2D eigenvalue weighted by Gasteiger charge is -2.17. The molecular formula is C13H18N2O3. The third-order valence-corrected chi connectivity index (χ3v) is 3.49. The minimum Gasteiger partial charge on any atom is -0.481 e. The summed E-state index contributed by atoms with van der Waals surface area (Å²) in [5.41, 5.74) is 6.31. The second-order valence-electron chi connectivity index (χ2n) is 4.74. The van der Waals surface area contributed by atoms with Crippen molar-refractivity contribution < 1.29 is 14.7 Å². The number of hydrazine groups is 1. The van der Waals surface area contributed by atoms with Crippen molar-refractivity contribution in [1.82, 2.24) is 10.9 Å². The number of nitrogens with one attached hydrogen (secondary N) is 2. The van der Waals surface area contributed by atoms with E-state index in [9.17, 15) is 9.59 Å². The molecule has 18 heavy (non-hydrogen) atoms. The Hall–Kier alpha value is -1.78. The fraction of sp³-hybridized carbons (Fsp3) is 0.538. The number of carboxylic acid groups (broad SMARTS) is 1. The highest BCUT2D eigenvalue weighted by Crippen LogP contribution is 2.31. The Morgan fingerprint density at radius 2 is 2.00 bits per heavy atom. The van der Waals surface area contributed by atoms with Crippen LogP contribution in [0.4, 0.5) is 0 Å². The summed E-state index contributed by atoms with van der Waals surface area (Å²) in [5, 5.41) is 9.03. The van der Waals surface area contributed by atoms with Crippen molar-refractivity contribution in [3.05, 3.63) is 23.9 Å². The van der Waals surface area contributed by atoms with E-state index in [1.165, 1.54) is 0 Å². The van der Waals surface area contributed by atoms with E-state index in [4.69, 9.17) is 5.11 Å². The Labute approximate surface area is 106 Å². The monoisotopic (exact) mass is 250 g/mol. The van der Waals surface area contributed by atoms with Gasteiger partial charge >= 0.3 is 5.97 Å². The largest absolute Gasteiger partial charge is 0.481 e. The van der Waals surface area contributed by atoms with Gasteiger partial charge in [-0.25, -0.2) is 0 Å². The van der Waals surface area contributed by atoms with Gasteiger partial charge in [-0.15, -0.1) is 0 Å². The van der Waals surface area contributed by atoms with Crippen LogP contribution in [-0.2, 0) is 9.59 Å². The van der Waals surface area contributed by atoms with Gasteiger partial charge in [0, 0.05) is 5.70 Å². The van der Waals surface area contributed by atoms with Crippen LogP contribution < -0.4 is 10.9 Å². The van der Waals surface area contributed by atoms with Gasteiger partial charge in [-0.3, -0.25) is 20.4 Å². The summed E-state index contributed by atoms with van der Waals surface area (Å²) in [6, 6.07) is 0. The standard InChI is InChI=1S/C13H18N2O3/c16-12(10-7-4-8-11(10)13(17)18)15-14-9-5-2-1-3-6-9/h2,5-6,10-11,14H,1,3-4,7-8H2,(H,15,16)(H,17,18). The molecule has 0 heterocycles. The molecular weight excluding hydrogens is 232 g/mol. The lowest BCUT2D eigenvalue weighted by atomic mass is 9.96. The summed E-state index contributed by atoms with van der Waals surface area (Å²) in [6.07, 6.45) is 9.96. The molecule has 2 rings (SSSR count). The van der Waals surface area contributed by atoms with E-state index in [-0.39, 0.29) is 5.91 Å². The Bertz CT molecular complexity index is 401. The molecule has 1 amide bonds. The lowest BCUT2D eigenvalue weighted by molar-refractivity contribution is -0.146. The molecule has 0 aromatic carbocycles. The highest BCUT2D eigenvalue weighted by atomic mass is 16.4. The number of aliphatic carboxylic acids is 1. The highest BCUT2D eigenvalue weighted by molar-refractivity contribution is 5.85. The maximum atomic E-state index is 11.9. The van der Waals surface area contributed by atoms with Gasteiger partial charge < -0.3 is 5.11 Å². The van der Waals surface area contributed by atoms with Crippen LogP contribution in [0.25, 0.3) is 0 Å². The molecule has 5 nitrogen and oxygen atoms in total. The summed E-state index contributed by atoms with van der Waals surface area (Å²) >= 11 is 0. The summed E-state index contributed by atoms with van der Waals surface area (Å²) in [5.74, 6) is -2.05. The van der Waals surface area contributed by atoms with Gasteiger partial charge in [0.1, 0.15) is 0 Å². The van der Waals surface area contributed by atoms with Crippen LogP contribution in [-0.4, -0.2) is 17.0 Å². The first-order valence-corrected chi connectivity index (χ1v) is 6.34. The van der Waals surface area contributed by atoms with Crippen LogP contribution in [0, 0.1) is 11.8 Å². The topological polar surface area (TPSA) is 78.4 Å². The van der Waals surface area contributed by atoms with E-state index in [2.05, 4.69) is 10.9 Å². The average Bonchev–Trinajstić information content (AvgIpc) is 2.86. The number of allylic oxidation sites excluding steroid dienone is 3. The molecule has 0 aromatic rings. The van der Waals surface area contributed by atoms with Gasteiger partial charge in [0.15, 0.2) is 0 Å². The van der Waals surface area contributed by atoms with Gasteiger partial charge in [0.05, 0.1) is 11.8 Å². The van der Waals surface area contributed by atoms with E-state index < -0.39 is 17.8 Å². The molecule has 0 saturated heterocycles. The van der Waals surface area contributed by atoms with Gasteiger partial charge in [-0.1, -0.05) is 18.6 Å². The molecule has 1 saturated carbocycles. The zero-order chi connectivity index (χ0) is 13.0. The fourth-order valence-corrected chi connectivity index (χ4v) is 2.50. The minimum atomic E-state index is -0.871. The van der Waals surface area contributed by atoms with Crippen molar-refractivity contribution in [2.75, 3.05) is 0 Å². The van der Waals surface area contributed by atoms with Crippen molar-refractivity contribution in [3.8, 4) is 0 Å². The van der Waals surface area contributed by atoms with Crippen molar-refractivity contribution in [3.63, 3.8) is 0 Å². The number of carboxylic acids is 1. The van der Waals surface area contributed by atoms with Crippen LogP contribution in [0.1, 0.15) is 32.1 Å².